The number of carbonyl (C=O) groups excluding carboxylic acids is 2. The molecule has 0 fully saturated rings. The van der Waals surface area contributed by atoms with Gasteiger partial charge in [0, 0.05) is 12.6 Å². The molecule has 0 aliphatic heterocycles. The third-order valence-electron chi connectivity index (χ3n) is 2.47. The fourth-order valence-corrected chi connectivity index (χ4v) is 1.62. The minimum absolute atomic E-state index is 0.0258. The molecule has 1 heterocycles. The molecule has 0 aliphatic rings. The predicted molar refractivity (Wildman–Crippen MR) is 69.4 cm³/mol. The third-order valence-corrected chi connectivity index (χ3v) is 2.77. The molecule has 1 amide bonds. The van der Waals surface area contributed by atoms with Crippen LogP contribution in [0.15, 0.2) is 18.3 Å². The normalized spacial score (nSPS) is 11.5. The summed E-state index contributed by atoms with van der Waals surface area (Å²) in [6.45, 7) is 0. The average molecular weight is 301 g/mol. The topological polar surface area (TPSA) is 106 Å². The Morgan fingerprint density at radius 3 is 2.75 bits per heavy atom. The lowest BCUT2D eigenvalue weighted by atomic mass is 10.1. The van der Waals surface area contributed by atoms with Gasteiger partial charge in [0.25, 0.3) is 5.91 Å². The number of hydrogen-bond acceptors (Lipinski definition) is 5. The van der Waals surface area contributed by atoms with Crippen LogP contribution >= 0.6 is 11.6 Å². The van der Waals surface area contributed by atoms with Gasteiger partial charge in [0.2, 0.25) is 0 Å². The van der Waals surface area contributed by atoms with Gasteiger partial charge in [0.15, 0.2) is 0 Å². The summed E-state index contributed by atoms with van der Waals surface area (Å²) < 4.78 is 4.41. The highest BCUT2D eigenvalue weighted by atomic mass is 35.5. The van der Waals surface area contributed by atoms with Gasteiger partial charge in [0.05, 0.1) is 12.7 Å². The van der Waals surface area contributed by atoms with Crippen molar-refractivity contribution in [2.45, 2.75) is 18.9 Å². The van der Waals surface area contributed by atoms with Crippen LogP contribution in [-0.4, -0.2) is 41.1 Å². The van der Waals surface area contributed by atoms with E-state index in [-0.39, 0.29) is 23.6 Å². The van der Waals surface area contributed by atoms with Gasteiger partial charge in [-0.05, 0) is 18.6 Å². The van der Waals surface area contributed by atoms with Crippen molar-refractivity contribution >= 4 is 29.4 Å². The number of carboxylic acid groups (broad SMARTS) is 1. The molecule has 0 bridgehead atoms. The summed E-state index contributed by atoms with van der Waals surface area (Å²) in [7, 11) is 1.20. The van der Waals surface area contributed by atoms with E-state index in [0.29, 0.717) is 0 Å². The summed E-state index contributed by atoms with van der Waals surface area (Å²) in [6.07, 6.45) is 1.21. The van der Waals surface area contributed by atoms with E-state index >= 15 is 0 Å². The van der Waals surface area contributed by atoms with Crippen molar-refractivity contribution < 1.29 is 24.2 Å². The number of aromatic nitrogens is 1. The molecule has 0 aliphatic carbocycles. The zero-order valence-electron chi connectivity index (χ0n) is 10.6. The maximum absolute atomic E-state index is 11.9. The Morgan fingerprint density at radius 2 is 2.20 bits per heavy atom. The van der Waals surface area contributed by atoms with E-state index in [1.54, 1.807) is 0 Å². The van der Waals surface area contributed by atoms with E-state index in [1.165, 1.54) is 25.4 Å². The Kier molecular flexibility index (Phi) is 5.92. The van der Waals surface area contributed by atoms with Crippen LogP contribution in [-0.2, 0) is 14.3 Å². The molecule has 1 aromatic heterocycles. The van der Waals surface area contributed by atoms with E-state index in [0.717, 1.165) is 0 Å². The lowest BCUT2D eigenvalue weighted by Crippen LogP contribution is -2.41. The number of nitrogens with zero attached hydrogens (tertiary/aromatic N) is 1. The van der Waals surface area contributed by atoms with Crippen molar-refractivity contribution in [1.29, 1.82) is 0 Å². The molecule has 8 heteroatoms. The van der Waals surface area contributed by atoms with Gasteiger partial charge in [0.1, 0.15) is 11.2 Å². The molecule has 7 nitrogen and oxygen atoms in total. The lowest BCUT2D eigenvalue weighted by molar-refractivity contribution is -0.142. The van der Waals surface area contributed by atoms with Crippen LogP contribution in [0.1, 0.15) is 23.2 Å². The number of halogens is 1. The molecule has 20 heavy (non-hydrogen) atoms. The molecule has 0 saturated heterocycles. The highest BCUT2D eigenvalue weighted by Gasteiger charge is 2.23. The molecule has 1 rings (SSSR count). The Morgan fingerprint density at radius 1 is 1.50 bits per heavy atom. The van der Waals surface area contributed by atoms with E-state index in [2.05, 4.69) is 15.0 Å². The summed E-state index contributed by atoms with van der Waals surface area (Å²) in [5.74, 6) is -2.47. The summed E-state index contributed by atoms with van der Waals surface area (Å²) in [5.41, 5.74) is 0.0680. The maximum atomic E-state index is 11.9. The van der Waals surface area contributed by atoms with Gasteiger partial charge in [-0.15, -0.1) is 0 Å². The first-order chi connectivity index (χ1) is 9.45. The maximum Gasteiger partial charge on any atom is 0.326 e. The van der Waals surface area contributed by atoms with Crippen molar-refractivity contribution in [3.05, 3.63) is 29.0 Å². The number of carboxylic acids is 1. The van der Waals surface area contributed by atoms with Crippen molar-refractivity contribution in [1.82, 2.24) is 10.3 Å². The largest absolute Gasteiger partial charge is 0.480 e. The molecule has 1 aromatic rings. The van der Waals surface area contributed by atoms with Crippen molar-refractivity contribution in [2.75, 3.05) is 7.11 Å². The first kappa shape index (κ1) is 15.9. The van der Waals surface area contributed by atoms with Gasteiger partial charge in [-0.1, -0.05) is 11.6 Å². The van der Waals surface area contributed by atoms with Crippen molar-refractivity contribution in [3.8, 4) is 0 Å². The van der Waals surface area contributed by atoms with Crippen LogP contribution in [0.3, 0.4) is 0 Å². The Labute approximate surface area is 119 Å². The quantitative estimate of drug-likeness (QED) is 0.596. The van der Waals surface area contributed by atoms with Crippen LogP contribution < -0.4 is 5.32 Å². The number of rotatable bonds is 6. The standard InChI is InChI=1S/C12H13ClN2O5/c1-20-9(16)5-4-8(12(18)19)15-11(17)7-3-2-6-14-10(7)13/h2-3,6,8H,4-5H2,1H3,(H,15,17)(H,18,19). The molecule has 0 spiro atoms. The minimum atomic E-state index is -1.25. The Hall–Kier alpha value is -2.15. The average Bonchev–Trinajstić information content (AvgIpc) is 2.42. The smallest absolute Gasteiger partial charge is 0.326 e. The van der Waals surface area contributed by atoms with Gasteiger partial charge in [-0.25, -0.2) is 9.78 Å². The molecular weight excluding hydrogens is 288 g/mol. The number of pyridine rings is 1. The second-order valence-electron chi connectivity index (χ2n) is 3.82. The highest BCUT2D eigenvalue weighted by molar-refractivity contribution is 6.32. The monoisotopic (exact) mass is 300 g/mol. The molecule has 0 radical (unpaired) electrons. The Balaban J connectivity index is 2.71. The molecule has 108 valence electrons. The van der Waals surface area contributed by atoms with Crippen LogP contribution in [0.5, 0.6) is 0 Å². The zero-order valence-corrected chi connectivity index (χ0v) is 11.4. The van der Waals surface area contributed by atoms with E-state index in [1.807, 2.05) is 0 Å². The van der Waals surface area contributed by atoms with Gasteiger partial charge < -0.3 is 15.2 Å². The summed E-state index contributed by atoms with van der Waals surface area (Å²) in [6, 6.07) is 1.72. The number of aliphatic carboxylic acids is 1. The highest BCUT2D eigenvalue weighted by Crippen LogP contribution is 2.12. The first-order valence-corrected chi connectivity index (χ1v) is 6.04. The molecular formula is C12H13ClN2O5. The molecule has 0 aromatic carbocycles. The first-order valence-electron chi connectivity index (χ1n) is 5.66. The fraction of sp³-hybridized carbons (Fsp3) is 0.333. The number of nitrogens with one attached hydrogen (secondary N) is 1. The number of methoxy groups -OCH3 is 1. The Bertz CT molecular complexity index is 520. The second kappa shape index (κ2) is 7.44. The number of amides is 1. The fourth-order valence-electron chi connectivity index (χ4n) is 1.41. The van der Waals surface area contributed by atoms with E-state index in [4.69, 9.17) is 16.7 Å². The molecule has 2 N–H and O–H groups in total. The zero-order chi connectivity index (χ0) is 15.1. The van der Waals surface area contributed by atoms with Gasteiger partial charge >= 0.3 is 11.9 Å². The lowest BCUT2D eigenvalue weighted by Gasteiger charge is -2.14. The van der Waals surface area contributed by atoms with Crippen LogP contribution in [0.2, 0.25) is 5.15 Å². The SMILES string of the molecule is COC(=O)CCC(NC(=O)c1cccnc1Cl)C(=O)O. The summed E-state index contributed by atoms with van der Waals surface area (Å²) >= 11 is 5.74. The predicted octanol–water partition coefficient (Wildman–Crippen LogP) is 0.871. The van der Waals surface area contributed by atoms with Gasteiger partial charge in [-0.2, -0.15) is 0 Å². The molecule has 1 atom stereocenters. The minimum Gasteiger partial charge on any atom is -0.480 e. The summed E-state index contributed by atoms with van der Waals surface area (Å²) in [4.78, 5) is 37.6. The number of carbonyl (C=O) groups is 3. The van der Waals surface area contributed by atoms with E-state index in [9.17, 15) is 14.4 Å². The van der Waals surface area contributed by atoms with Crippen molar-refractivity contribution in [3.63, 3.8) is 0 Å². The number of ether oxygens (including phenoxy) is 1. The van der Waals surface area contributed by atoms with Crippen molar-refractivity contribution in [2.24, 2.45) is 0 Å². The van der Waals surface area contributed by atoms with E-state index < -0.39 is 23.9 Å². The number of hydrogen-bond donors (Lipinski definition) is 2. The molecule has 0 saturated carbocycles. The van der Waals surface area contributed by atoms with Gasteiger partial charge in [-0.3, -0.25) is 9.59 Å². The third kappa shape index (κ3) is 4.51. The van der Waals surface area contributed by atoms with Crippen LogP contribution in [0.25, 0.3) is 0 Å². The number of esters is 1. The molecule has 1 unspecified atom stereocenters. The summed E-state index contributed by atoms with van der Waals surface area (Å²) in [5, 5.41) is 11.3. The van der Waals surface area contributed by atoms with Crippen LogP contribution in [0, 0.1) is 0 Å². The second-order valence-corrected chi connectivity index (χ2v) is 4.18. The van der Waals surface area contributed by atoms with Crippen LogP contribution in [0.4, 0.5) is 0 Å².